The Kier molecular flexibility index (Phi) is 4.48. The molecule has 30 heavy (non-hydrogen) atoms. The number of hydrogen-bond acceptors (Lipinski definition) is 7. The minimum absolute atomic E-state index is 0.104. The Balaban J connectivity index is 1.78. The van der Waals surface area contributed by atoms with E-state index in [0.717, 1.165) is 29.4 Å². The number of pyridine rings is 1. The van der Waals surface area contributed by atoms with E-state index in [0.29, 0.717) is 18.2 Å². The third-order valence-electron chi connectivity index (χ3n) is 7.10. The van der Waals surface area contributed by atoms with Gasteiger partial charge < -0.3 is 18.9 Å². The molecule has 5 rings (SSSR count). The molecule has 158 valence electrons. The van der Waals surface area contributed by atoms with Gasteiger partial charge in [0.2, 0.25) is 0 Å². The molecule has 3 fully saturated rings. The molecular formula is C23H26N2O5. The molecule has 0 spiro atoms. The Bertz CT molecular complexity index is 1050. The lowest BCUT2D eigenvalue weighted by atomic mass is 9.77. The number of fused-ring (bicyclic) bond motifs is 2. The number of aromatic nitrogens is 1. The Morgan fingerprint density at radius 2 is 2.03 bits per heavy atom. The maximum atomic E-state index is 13.1. The van der Waals surface area contributed by atoms with Crippen molar-refractivity contribution in [2.45, 2.75) is 25.0 Å². The van der Waals surface area contributed by atoms with Crippen LogP contribution in [0.2, 0.25) is 0 Å². The highest BCUT2D eigenvalue weighted by molar-refractivity contribution is 5.88. The molecule has 3 heterocycles. The zero-order chi connectivity index (χ0) is 21.0. The summed E-state index contributed by atoms with van der Waals surface area (Å²) in [6.07, 6.45) is 4.79. The van der Waals surface area contributed by atoms with Gasteiger partial charge in [-0.15, -0.1) is 0 Å². The number of esters is 1. The first kappa shape index (κ1) is 19.3. The number of nitrogens with zero attached hydrogens (tertiary/aromatic N) is 2. The molecule has 1 aliphatic carbocycles. The summed E-state index contributed by atoms with van der Waals surface area (Å²) < 4.78 is 22.9. The third-order valence-corrected chi connectivity index (χ3v) is 7.10. The van der Waals surface area contributed by atoms with Gasteiger partial charge in [0.25, 0.3) is 0 Å². The summed E-state index contributed by atoms with van der Waals surface area (Å²) in [6, 6.07) is 5.88. The third kappa shape index (κ3) is 2.39. The van der Waals surface area contributed by atoms with Gasteiger partial charge >= 0.3 is 5.97 Å². The van der Waals surface area contributed by atoms with Crippen LogP contribution in [0.5, 0.6) is 11.5 Å². The van der Waals surface area contributed by atoms with Crippen LogP contribution in [0.4, 0.5) is 0 Å². The van der Waals surface area contributed by atoms with E-state index in [4.69, 9.17) is 18.9 Å². The van der Waals surface area contributed by atoms with Crippen LogP contribution < -0.4 is 9.47 Å². The van der Waals surface area contributed by atoms with Crippen LogP contribution in [-0.4, -0.2) is 56.5 Å². The molecule has 4 unspecified atom stereocenters. The summed E-state index contributed by atoms with van der Waals surface area (Å²) in [7, 11) is 4.68. The lowest BCUT2D eigenvalue weighted by molar-refractivity contribution is -0.158. The number of methoxy groups -OCH3 is 3. The standard InChI is InChI=1S/C23H26N2O5/c1-5-13-11-25-12-30-23(20(25)9-14(13)21(23)22(26)29-4)16-6-7-24-17-10-19(28-3)18(27-2)8-15(16)17/h5-8,10,14,20-21H,9,11-12H2,1-4H3. The Labute approximate surface area is 175 Å². The molecule has 7 heteroatoms. The topological polar surface area (TPSA) is 70.1 Å². The Hall–Kier alpha value is -2.64. The molecule has 3 aliphatic rings. The van der Waals surface area contributed by atoms with E-state index in [-0.39, 0.29) is 17.9 Å². The predicted molar refractivity (Wildman–Crippen MR) is 110 cm³/mol. The van der Waals surface area contributed by atoms with E-state index in [2.05, 4.69) is 16.0 Å². The van der Waals surface area contributed by atoms with Gasteiger partial charge in [-0.3, -0.25) is 14.7 Å². The number of hydrogen-bond donors (Lipinski definition) is 0. The first-order valence-corrected chi connectivity index (χ1v) is 10.2. The van der Waals surface area contributed by atoms with E-state index in [1.165, 1.54) is 12.7 Å². The summed E-state index contributed by atoms with van der Waals surface area (Å²) in [4.78, 5) is 20.0. The van der Waals surface area contributed by atoms with E-state index in [1.807, 2.05) is 25.1 Å². The second-order valence-corrected chi connectivity index (χ2v) is 8.12. The van der Waals surface area contributed by atoms with E-state index < -0.39 is 11.5 Å². The van der Waals surface area contributed by atoms with E-state index in [9.17, 15) is 4.79 Å². The fourth-order valence-corrected chi connectivity index (χ4v) is 5.83. The van der Waals surface area contributed by atoms with Gasteiger partial charge in [-0.05, 0) is 37.0 Å². The monoisotopic (exact) mass is 410 g/mol. The second kappa shape index (κ2) is 6.96. The first-order valence-electron chi connectivity index (χ1n) is 10.2. The van der Waals surface area contributed by atoms with Crippen molar-refractivity contribution in [3.63, 3.8) is 0 Å². The molecule has 2 bridgehead atoms. The van der Waals surface area contributed by atoms with Gasteiger partial charge in [-0.1, -0.05) is 11.6 Å². The lowest BCUT2D eigenvalue weighted by Crippen LogP contribution is -2.44. The summed E-state index contributed by atoms with van der Waals surface area (Å²) in [5, 5.41) is 0.903. The van der Waals surface area contributed by atoms with Crippen molar-refractivity contribution in [1.29, 1.82) is 0 Å². The van der Waals surface area contributed by atoms with Crippen molar-refractivity contribution in [3.05, 3.63) is 41.6 Å². The highest BCUT2D eigenvalue weighted by Crippen LogP contribution is 2.60. The fraction of sp³-hybridized carbons (Fsp3) is 0.478. The molecule has 1 aromatic carbocycles. The van der Waals surface area contributed by atoms with Crippen molar-refractivity contribution in [3.8, 4) is 11.5 Å². The zero-order valence-electron chi connectivity index (χ0n) is 17.7. The molecule has 7 nitrogen and oxygen atoms in total. The molecule has 0 radical (unpaired) electrons. The average molecular weight is 410 g/mol. The van der Waals surface area contributed by atoms with Crippen LogP contribution in [-0.2, 0) is 19.9 Å². The van der Waals surface area contributed by atoms with E-state index >= 15 is 0 Å². The number of carbonyl (C=O) groups is 1. The number of benzene rings is 1. The molecule has 2 aliphatic heterocycles. The Morgan fingerprint density at radius 3 is 2.73 bits per heavy atom. The van der Waals surface area contributed by atoms with Crippen LogP contribution in [0.15, 0.2) is 36.0 Å². The molecule has 0 N–H and O–H groups in total. The Morgan fingerprint density at radius 1 is 1.27 bits per heavy atom. The van der Waals surface area contributed by atoms with Crippen molar-refractivity contribution < 1.29 is 23.7 Å². The quantitative estimate of drug-likeness (QED) is 0.567. The normalized spacial score (nSPS) is 31.3. The molecule has 1 aromatic heterocycles. The molecule has 4 atom stereocenters. The lowest BCUT2D eigenvalue weighted by Gasteiger charge is -2.35. The van der Waals surface area contributed by atoms with Crippen LogP contribution in [0, 0.1) is 11.8 Å². The van der Waals surface area contributed by atoms with Crippen molar-refractivity contribution in [2.24, 2.45) is 11.8 Å². The number of piperidine rings is 1. The summed E-state index contributed by atoms with van der Waals surface area (Å²) in [5.41, 5.74) is 2.22. The van der Waals surface area contributed by atoms with Gasteiger partial charge in [0, 0.05) is 30.2 Å². The van der Waals surface area contributed by atoms with Crippen molar-refractivity contribution in [1.82, 2.24) is 9.88 Å². The number of allylic oxidation sites excluding steroid dienone is 1. The minimum atomic E-state index is -0.788. The first-order chi connectivity index (χ1) is 14.6. The van der Waals surface area contributed by atoms with Gasteiger partial charge in [-0.2, -0.15) is 0 Å². The highest BCUT2D eigenvalue weighted by atomic mass is 16.5. The smallest absolute Gasteiger partial charge is 0.312 e. The second-order valence-electron chi connectivity index (χ2n) is 8.12. The molecule has 2 saturated heterocycles. The predicted octanol–water partition coefficient (Wildman–Crippen LogP) is 2.87. The van der Waals surface area contributed by atoms with Crippen molar-refractivity contribution in [2.75, 3.05) is 34.6 Å². The summed E-state index contributed by atoms with van der Waals surface area (Å²) in [6.45, 7) is 3.35. The van der Waals surface area contributed by atoms with Crippen LogP contribution >= 0.6 is 0 Å². The average Bonchev–Trinajstić information content (AvgIpc) is 3.28. The molecule has 2 aromatic rings. The molecule has 1 saturated carbocycles. The maximum absolute atomic E-state index is 13.1. The van der Waals surface area contributed by atoms with Crippen molar-refractivity contribution >= 4 is 16.9 Å². The number of ether oxygens (including phenoxy) is 4. The van der Waals surface area contributed by atoms with Crippen LogP contribution in [0.3, 0.4) is 0 Å². The van der Waals surface area contributed by atoms with Gasteiger partial charge in [0.1, 0.15) is 12.3 Å². The van der Waals surface area contributed by atoms with Crippen LogP contribution in [0.1, 0.15) is 18.9 Å². The summed E-state index contributed by atoms with van der Waals surface area (Å²) in [5.74, 6) is 0.704. The number of carbonyl (C=O) groups excluding carboxylic acids is 1. The van der Waals surface area contributed by atoms with Crippen LogP contribution in [0.25, 0.3) is 10.9 Å². The highest BCUT2D eigenvalue weighted by Gasteiger charge is 2.68. The van der Waals surface area contributed by atoms with E-state index in [1.54, 1.807) is 20.4 Å². The largest absolute Gasteiger partial charge is 0.493 e. The van der Waals surface area contributed by atoms with Gasteiger partial charge in [-0.25, -0.2) is 0 Å². The number of rotatable bonds is 4. The fourth-order valence-electron chi connectivity index (χ4n) is 5.83. The molecule has 0 amide bonds. The summed E-state index contributed by atoms with van der Waals surface area (Å²) >= 11 is 0. The van der Waals surface area contributed by atoms with Gasteiger partial charge in [0.15, 0.2) is 11.5 Å². The maximum Gasteiger partial charge on any atom is 0.312 e. The molecular weight excluding hydrogens is 384 g/mol. The SMILES string of the molecule is CC=C1CN2COC3(c4ccnc5cc(OC)c(OC)cc45)C(C(=O)OC)C1CC23. The zero-order valence-corrected chi connectivity index (χ0v) is 17.7. The van der Waals surface area contributed by atoms with Gasteiger partial charge in [0.05, 0.1) is 32.8 Å². The minimum Gasteiger partial charge on any atom is -0.493 e.